The third kappa shape index (κ3) is 2.05. The van der Waals surface area contributed by atoms with Crippen molar-refractivity contribution >= 4 is 22.8 Å². The maximum atomic E-state index is 12.1. The molecule has 6 nitrogen and oxygen atoms in total. The number of benzene rings is 1. The number of hydrogen-bond acceptors (Lipinski definition) is 4. The minimum Gasteiger partial charge on any atom is -0.408 e. The van der Waals surface area contributed by atoms with Crippen molar-refractivity contribution in [3.8, 4) is 0 Å². The molecule has 0 bridgehead atoms. The molecular formula is C14H14N4O2. The van der Waals surface area contributed by atoms with Gasteiger partial charge in [0.2, 0.25) is 5.89 Å². The van der Waals surface area contributed by atoms with Gasteiger partial charge in [-0.1, -0.05) is 5.10 Å². The van der Waals surface area contributed by atoms with E-state index in [0.717, 1.165) is 22.2 Å². The average molecular weight is 270 g/mol. The molecule has 2 heterocycles. The first-order chi connectivity index (χ1) is 9.54. The number of rotatable bonds is 2. The van der Waals surface area contributed by atoms with Crippen LogP contribution in [0.2, 0.25) is 0 Å². The van der Waals surface area contributed by atoms with E-state index in [-0.39, 0.29) is 11.9 Å². The zero-order chi connectivity index (χ0) is 14.3. The molecule has 0 spiro atoms. The molecule has 0 fully saturated rings. The zero-order valence-electron chi connectivity index (χ0n) is 11.4. The summed E-state index contributed by atoms with van der Waals surface area (Å²) in [4.78, 5) is 15.4. The number of carbonyl (C=O) groups is 1. The van der Waals surface area contributed by atoms with E-state index in [1.807, 2.05) is 26.0 Å². The molecule has 2 aromatic heterocycles. The van der Waals surface area contributed by atoms with Crippen LogP contribution in [-0.4, -0.2) is 21.1 Å². The van der Waals surface area contributed by atoms with Crippen LogP contribution in [0.1, 0.15) is 27.5 Å². The van der Waals surface area contributed by atoms with E-state index in [9.17, 15) is 4.79 Å². The average Bonchev–Trinajstić information content (AvgIpc) is 2.94. The van der Waals surface area contributed by atoms with E-state index in [1.54, 1.807) is 13.0 Å². The number of nitrogens with zero attached hydrogens (tertiary/aromatic N) is 2. The molecule has 20 heavy (non-hydrogen) atoms. The monoisotopic (exact) mass is 270 g/mol. The Morgan fingerprint density at radius 2 is 2.05 bits per heavy atom. The molecule has 0 aliphatic rings. The fourth-order valence-electron chi connectivity index (χ4n) is 2.12. The van der Waals surface area contributed by atoms with Crippen LogP contribution in [0.15, 0.2) is 22.6 Å². The summed E-state index contributed by atoms with van der Waals surface area (Å²) in [5, 5.41) is 11.0. The van der Waals surface area contributed by atoms with E-state index < -0.39 is 0 Å². The summed E-state index contributed by atoms with van der Waals surface area (Å²) in [6.45, 7) is 5.70. The fraction of sp³-hybridized carbons (Fsp3) is 0.214. The first kappa shape index (κ1) is 12.4. The quantitative estimate of drug-likeness (QED) is 0.750. The largest absolute Gasteiger partial charge is 0.408 e. The van der Waals surface area contributed by atoms with Gasteiger partial charge in [0.1, 0.15) is 0 Å². The Morgan fingerprint density at radius 1 is 1.25 bits per heavy atom. The summed E-state index contributed by atoms with van der Waals surface area (Å²) in [6, 6.07) is 5.61. The Balaban J connectivity index is 1.93. The van der Waals surface area contributed by atoms with Crippen molar-refractivity contribution in [2.24, 2.45) is 0 Å². The van der Waals surface area contributed by atoms with Crippen LogP contribution in [0.25, 0.3) is 10.9 Å². The standard InChI is InChI=1S/C14H14N4O2/c1-7-8(2)15-12-5-4-10(6-11(7)12)13(19)16-14-18-17-9(3)20-14/h4-6,15H,1-3H3,(H,16,18,19). The number of anilines is 1. The Kier molecular flexibility index (Phi) is 2.78. The lowest BCUT2D eigenvalue weighted by atomic mass is 10.1. The predicted molar refractivity (Wildman–Crippen MR) is 74.8 cm³/mol. The minimum absolute atomic E-state index is 0.106. The zero-order valence-corrected chi connectivity index (χ0v) is 11.4. The summed E-state index contributed by atoms with van der Waals surface area (Å²) in [5.74, 6) is 0.140. The Morgan fingerprint density at radius 3 is 2.75 bits per heavy atom. The van der Waals surface area contributed by atoms with Crippen molar-refractivity contribution in [3.63, 3.8) is 0 Å². The first-order valence-electron chi connectivity index (χ1n) is 6.25. The highest BCUT2D eigenvalue weighted by Crippen LogP contribution is 2.22. The molecule has 3 rings (SSSR count). The summed E-state index contributed by atoms with van der Waals surface area (Å²) in [6.07, 6.45) is 0. The maximum absolute atomic E-state index is 12.1. The lowest BCUT2D eigenvalue weighted by Gasteiger charge is -2.01. The molecule has 1 amide bonds. The molecule has 0 saturated carbocycles. The molecule has 0 unspecified atom stereocenters. The van der Waals surface area contributed by atoms with Gasteiger partial charge in [-0.25, -0.2) is 0 Å². The predicted octanol–water partition coefficient (Wildman–Crippen LogP) is 2.73. The third-order valence-electron chi connectivity index (χ3n) is 3.32. The Bertz CT molecular complexity index is 801. The van der Waals surface area contributed by atoms with Gasteiger partial charge >= 0.3 is 6.01 Å². The van der Waals surface area contributed by atoms with E-state index >= 15 is 0 Å². The number of aromatic nitrogens is 3. The van der Waals surface area contributed by atoms with Crippen LogP contribution in [0.4, 0.5) is 6.01 Å². The van der Waals surface area contributed by atoms with Crippen molar-refractivity contribution < 1.29 is 9.21 Å². The van der Waals surface area contributed by atoms with E-state index in [2.05, 4.69) is 20.5 Å². The summed E-state index contributed by atoms with van der Waals surface area (Å²) in [7, 11) is 0. The van der Waals surface area contributed by atoms with Gasteiger partial charge in [-0.2, -0.15) is 0 Å². The number of carbonyl (C=O) groups excluding carboxylic acids is 1. The van der Waals surface area contributed by atoms with Crippen LogP contribution in [0.5, 0.6) is 0 Å². The van der Waals surface area contributed by atoms with Gasteiger partial charge in [0.15, 0.2) is 0 Å². The van der Waals surface area contributed by atoms with Crippen LogP contribution in [0.3, 0.4) is 0 Å². The molecule has 0 radical (unpaired) electrons. The van der Waals surface area contributed by atoms with Crippen LogP contribution < -0.4 is 5.32 Å². The molecule has 1 aromatic carbocycles. The van der Waals surface area contributed by atoms with Crippen molar-refractivity contribution in [3.05, 3.63) is 40.9 Å². The van der Waals surface area contributed by atoms with E-state index in [0.29, 0.717) is 11.5 Å². The van der Waals surface area contributed by atoms with Crippen molar-refractivity contribution in [2.45, 2.75) is 20.8 Å². The number of aryl methyl sites for hydroxylation is 3. The van der Waals surface area contributed by atoms with Gasteiger partial charge in [-0.15, -0.1) is 5.10 Å². The van der Waals surface area contributed by atoms with Crippen molar-refractivity contribution in [1.82, 2.24) is 15.2 Å². The number of amides is 1. The highest BCUT2D eigenvalue weighted by molar-refractivity contribution is 6.05. The third-order valence-corrected chi connectivity index (χ3v) is 3.32. The molecule has 6 heteroatoms. The van der Waals surface area contributed by atoms with Crippen LogP contribution in [-0.2, 0) is 0 Å². The van der Waals surface area contributed by atoms with Crippen molar-refractivity contribution in [2.75, 3.05) is 5.32 Å². The molecular weight excluding hydrogens is 256 g/mol. The molecule has 0 atom stereocenters. The van der Waals surface area contributed by atoms with Gasteiger partial charge < -0.3 is 9.40 Å². The normalized spacial score (nSPS) is 10.9. The minimum atomic E-state index is -0.270. The first-order valence-corrected chi connectivity index (χ1v) is 6.25. The van der Waals surface area contributed by atoms with Gasteiger partial charge in [-0.05, 0) is 37.6 Å². The highest BCUT2D eigenvalue weighted by atomic mass is 16.4. The number of aromatic amines is 1. The molecule has 0 aliphatic heterocycles. The van der Waals surface area contributed by atoms with Gasteiger partial charge in [0.25, 0.3) is 5.91 Å². The van der Waals surface area contributed by atoms with Gasteiger partial charge in [0, 0.05) is 29.1 Å². The Labute approximate surface area is 115 Å². The second kappa shape index (κ2) is 4.48. The molecule has 3 aromatic rings. The second-order valence-electron chi connectivity index (χ2n) is 4.72. The molecule has 102 valence electrons. The Hall–Kier alpha value is -2.63. The van der Waals surface area contributed by atoms with E-state index in [1.165, 1.54) is 0 Å². The van der Waals surface area contributed by atoms with Gasteiger partial charge in [-0.3, -0.25) is 10.1 Å². The SMILES string of the molecule is Cc1nnc(NC(=O)c2ccc3[nH]c(C)c(C)c3c2)o1. The topological polar surface area (TPSA) is 83.8 Å². The lowest BCUT2D eigenvalue weighted by Crippen LogP contribution is -2.12. The maximum Gasteiger partial charge on any atom is 0.322 e. The molecule has 2 N–H and O–H groups in total. The summed E-state index contributed by atoms with van der Waals surface area (Å²) >= 11 is 0. The lowest BCUT2D eigenvalue weighted by molar-refractivity contribution is 0.102. The smallest absolute Gasteiger partial charge is 0.322 e. The molecule has 0 saturated heterocycles. The van der Waals surface area contributed by atoms with E-state index in [4.69, 9.17) is 4.42 Å². The summed E-state index contributed by atoms with van der Waals surface area (Å²) < 4.78 is 5.13. The molecule has 0 aliphatic carbocycles. The highest BCUT2D eigenvalue weighted by Gasteiger charge is 2.12. The number of nitrogens with one attached hydrogen (secondary N) is 2. The van der Waals surface area contributed by atoms with Gasteiger partial charge in [0.05, 0.1) is 0 Å². The number of fused-ring (bicyclic) bond motifs is 1. The number of hydrogen-bond donors (Lipinski definition) is 2. The second-order valence-corrected chi connectivity index (χ2v) is 4.72. The van der Waals surface area contributed by atoms with Crippen molar-refractivity contribution in [1.29, 1.82) is 0 Å². The fourth-order valence-corrected chi connectivity index (χ4v) is 2.12. The van der Waals surface area contributed by atoms with Crippen LogP contribution in [0, 0.1) is 20.8 Å². The van der Waals surface area contributed by atoms with Crippen LogP contribution >= 0.6 is 0 Å². The number of H-pyrrole nitrogens is 1. The summed E-state index contributed by atoms with van der Waals surface area (Å²) in [5.41, 5.74) is 3.81.